The highest BCUT2D eigenvalue weighted by Crippen LogP contribution is 2.30. The summed E-state index contributed by atoms with van der Waals surface area (Å²) in [7, 11) is 1.89. The van der Waals surface area contributed by atoms with Crippen LogP contribution in [0.1, 0.15) is 5.56 Å². The van der Waals surface area contributed by atoms with Crippen molar-refractivity contribution in [3.8, 4) is 11.1 Å². The summed E-state index contributed by atoms with van der Waals surface area (Å²) >= 11 is 5.85. The van der Waals surface area contributed by atoms with Crippen molar-refractivity contribution in [2.45, 2.75) is 6.92 Å². The molecule has 0 bridgehead atoms. The second-order valence-electron chi connectivity index (χ2n) is 5.70. The van der Waals surface area contributed by atoms with E-state index in [1.807, 2.05) is 38.4 Å². The summed E-state index contributed by atoms with van der Waals surface area (Å²) in [6.07, 6.45) is 1.96. The van der Waals surface area contributed by atoms with E-state index in [2.05, 4.69) is 10.1 Å². The second-order valence-corrected chi connectivity index (χ2v) is 6.08. The first-order chi connectivity index (χ1) is 11.0. The van der Waals surface area contributed by atoms with Gasteiger partial charge in [0.2, 0.25) is 0 Å². The molecule has 0 saturated carbocycles. The zero-order chi connectivity index (χ0) is 16.1. The molecule has 0 spiro atoms. The van der Waals surface area contributed by atoms with E-state index in [4.69, 9.17) is 11.6 Å². The predicted octanol–water partition coefficient (Wildman–Crippen LogP) is 4.89. The highest BCUT2D eigenvalue weighted by atomic mass is 35.5. The number of rotatable bonds is 1. The fourth-order valence-electron chi connectivity index (χ4n) is 2.93. The van der Waals surface area contributed by atoms with Gasteiger partial charge in [0, 0.05) is 24.0 Å². The number of aryl methyl sites for hydroxylation is 2. The molecule has 0 radical (unpaired) electrons. The van der Waals surface area contributed by atoms with Crippen molar-refractivity contribution in [3.05, 3.63) is 59.1 Å². The van der Waals surface area contributed by atoms with Crippen LogP contribution in [0.15, 0.2) is 42.6 Å². The van der Waals surface area contributed by atoms with Crippen molar-refractivity contribution in [2.75, 3.05) is 0 Å². The van der Waals surface area contributed by atoms with Crippen LogP contribution in [0.3, 0.4) is 0 Å². The topological polar surface area (TPSA) is 30.7 Å². The first kappa shape index (κ1) is 14.2. The number of pyridine rings is 1. The number of hydrogen-bond donors (Lipinski definition) is 0. The summed E-state index contributed by atoms with van der Waals surface area (Å²) in [5, 5.41) is 6.50. The molecule has 0 unspecified atom stereocenters. The van der Waals surface area contributed by atoms with Gasteiger partial charge in [-0.3, -0.25) is 4.68 Å². The molecule has 0 fully saturated rings. The normalized spacial score (nSPS) is 11.5. The highest BCUT2D eigenvalue weighted by molar-refractivity contribution is 6.29. The Labute approximate surface area is 137 Å². The van der Waals surface area contributed by atoms with Crippen molar-refractivity contribution in [3.63, 3.8) is 0 Å². The predicted molar refractivity (Wildman–Crippen MR) is 91.2 cm³/mol. The van der Waals surface area contributed by atoms with Crippen LogP contribution >= 0.6 is 11.6 Å². The first-order valence-corrected chi connectivity index (χ1v) is 7.59. The van der Waals surface area contributed by atoms with E-state index < -0.39 is 0 Å². The average molecular weight is 326 g/mol. The number of halogens is 2. The lowest BCUT2D eigenvalue weighted by Gasteiger charge is -2.07. The molecule has 4 rings (SSSR count). The SMILES string of the molecule is Cc1cc(-c2cc(F)c3nc(Cl)ccc3c2)cc2cn(C)nc12. The largest absolute Gasteiger partial charge is 0.275 e. The minimum absolute atomic E-state index is 0.289. The van der Waals surface area contributed by atoms with Gasteiger partial charge in [-0.1, -0.05) is 11.6 Å². The molecule has 4 aromatic rings. The minimum Gasteiger partial charge on any atom is -0.275 e. The molecule has 0 N–H and O–H groups in total. The van der Waals surface area contributed by atoms with Gasteiger partial charge < -0.3 is 0 Å². The molecule has 0 aliphatic heterocycles. The Morgan fingerprint density at radius 1 is 1.00 bits per heavy atom. The molecule has 5 heteroatoms. The standard InChI is InChI=1S/C18H13ClFN3/c1-10-5-12(7-14-9-23(2)22-17(10)14)13-6-11-3-4-16(19)21-18(11)15(20)8-13/h3-9H,1-2H3. The monoisotopic (exact) mass is 325 g/mol. The lowest BCUT2D eigenvalue weighted by atomic mass is 9.99. The van der Waals surface area contributed by atoms with Gasteiger partial charge in [-0.05, 0) is 60.0 Å². The Kier molecular flexibility index (Phi) is 3.10. The van der Waals surface area contributed by atoms with Crippen molar-refractivity contribution in [1.29, 1.82) is 0 Å². The maximum absolute atomic E-state index is 14.4. The van der Waals surface area contributed by atoms with Crippen molar-refractivity contribution < 1.29 is 4.39 Å². The Morgan fingerprint density at radius 3 is 2.57 bits per heavy atom. The van der Waals surface area contributed by atoms with Crippen molar-refractivity contribution >= 4 is 33.4 Å². The molecule has 0 atom stereocenters. The van der Waals surface area contributed by atoms with E-state index in [-0.39, 0.29) is 11.0 Å². The smallest absolute Gasteiger partial charge is 0.150 e. The van der Waals surface area contributed by atoms with Gasteiger partial charge in [0.15, 0.2) is 0 Å². The molecule has 0 saturated heterocycles. The third-order valence-electron chi connectivity index (χ3n) is 3.96. The minimum atomic E-state index is -0.371. The number of benzene rings is 2. The van der Waals surface area contributed by atoms with E-state index in [0.29, 0.717) is 5.52 Å². The zero-order valence-electron chi connectivity index (χ0n) is 12.6. The molecule has 114 valence electrons. The quantitative estimate of drug-likeness (QED) is 0.466. The summed E-state index contributed by atoms with van der Waals surface area (Å²) in [4.78, 5) is 4.06. The van der Waals surface area contributed by atoms with Crippen molar-refractivity contribution in [1.82, 2.24) is 14.8 Å². The lowest BCUT2D eigenvalue weighted by molar-refractivity contribution is 0.637. The van der Waals surface area contributed by atoms with Crippen molar-refractivity contribution in [2.24, 2.45) is 7.05 Å². The lowest BCUT2D eigenvalue weighted by Crippen LogP contribution is -1.89. The number of aromatic nitrogens is 3. The van der Waals surface area contributed by atoms with Gasteiger partial charge in [-0.2, -0.15) is 5.10 Å². The molecule has 2 aromatic heterocycles. The molecular weight excluding hydrogens is 313 g/mol. The Bertz CT molecular complexity index is 1070. The Morgan fingerprint density at radius 2 is 1.74 bits per heavy atom. The third kappa shape index (κ3) is 2.35. The maximum atomic E-state index is 14.4. The molecule has 2 heterocycles. The summed E-state index contributed by atoms with van der Waals surface area (Å²) in [6, 6.07) is 10.9. The molecule has 0 amide bonds. The fourth-order valence-corrected chi connectivity index (χ4v) is 3.08. The molecule has 0 aliphatic rings. The van der Waals surface area contributed by atoms with Gasteiger partial charge >= 0.3 is 0 Å². The number of fused-ring (bicyclic) bond motifs is 2. The van der Waals surface area contributed by atoms with Crippen LogP contribution in [-0.4, -0.2) is 14.8 Å². The second kappa shape index (κ2) is 5.03. The van der Waals surface area contributed by atoms with Gasteiger partial charge in [-0.25, -0.2) is 9.37 Å². The summed E-state index contributed by atoms with van der Waals surface area (Å²) < 4.78 is 16.2. The van der Waals surface area contributed by atoms with Gasteiger partial charge in [-0.15, -0.1) is 0 Å². The van der Waals surface area contributed by atoms with E-state index in [1.54, 1.807) is 16.8 Å². The van der Waals surface area contributed by atoms with E-state index in [9.17, 15) is 4.39 Å². The number of hydrogen-bond acceptors (Lipinski definition) is 2. The first-order valence-electron chi connectivity index (χ1n) is 7.21. The van der Waals surface area contributed by atoms with Crippen LogP contribution in [0.4, 0.5) is 4.39 Å². The van der Waals surface area contributed by atoms with Crippen LogP contribution in [0, 0.1) is 12.7 Å². The van der Waals surface area contributed by atoms with Gasteiger partial charge in [0.25, 0.3) is 0 Å². The Hall–Kier alpha value is -2.46. The molecular formula is C18H13ClFN3. The van der Waals surface area contributed by atoms with Gasteiger partial charge in [0.1, 0.15) is 16.5 Å². The van der Waals surface area contributed by atoms with E-state index in [0.717, 1.165) is 33.0 Å². The summed E-state index contributed by atoms with van der Waals surface area (Å²) in [6.45, 7) is 2.01. The molecule has 0 aliphatic carbocycles. The third-order valence-corrected chi connectivity index (χ3v) is 4.17. The summed E-state index contributed by atoms with van der Waals surface area (Å²) in [5.74, 6) is -0.371. The molecule has 2 aromatic carbocycles. The van der Waals surface area contributed by atoms with Crippen LogP contribution in [0.2, 0.25) is 5.15 Å². The van der Waals surface area contributed by atoms with Crippen LogP contribution in [0.5, 0.6) is 0 Å². The molecule has 3 nitrogen and oxygen atoms in total. The Balaban J connectivity index is 1.96. The van der Waals surface area contributed by atoms with E-state index in [1.165, 1.54) is 6.07 Å². The zero-order valence-corrected chi connectivity index (χ0v) is 13.4. The van der Waals surface area contributed by atoms with Crippen LogP contribution < -0.4 is 0 Å². The van der Waals surface area contributed by atoms with Crippen LogP contribution in [-0.2, 0) is 7.05 Å². The van der Waals surface area contributed by atoms with Gasteiger partial charge in [0.05, 0.1) is 5.52 Å². The maximum Gasteiger partial charge on any atom is 0.150 e. The summed E-state index contributed by atoms with van der Waals surface area (Å²) in [5.41, 5.74) is 4.09. The average Bonchev–Trinajstić information content (AvgIpc) is 2.89. The fraction of sp³-hybridized carbons (Fsp3) is 0.111. The highest BCUT2D eigenvalue weighted by Gasteiger charge is 2.10. The van der Waals surface area contributed by atoms with Crippen LogP contribution in [0.25, 0.3) is 32.9 Å². The molecule has 23 heavy (non-hydrogen) atoms. The van der Waals surface area contributed by atoms with E-state index >= 15 is 0 Å². The number of nitrogens with zero attached hydrogens (tertiary/aromatic N) is 3.